The first-order chi connectivity index (χ1) is 10.6. The molecule has 1 unspecified atom stereocenters. The highest BCUT2D eigenvalue weighted by molar-refractivity contribution is 7.13. The summed E-state index contributed by atoms with van der Waals surface area (Å²) in [6.45, 7) is 2.23. The molecule has 0 bridgehead atoms. The van der Waals surface area contributed by atoms with Gasteiger partial charge in [-0.15, -0.1) is 11.3 Å². The number of allylic oxidation sites excluding steroid dienone is 1. The third-order valence-electron chi connectivity index (χ3n) is 3.85. The topological polar surface area (TPSA) is 77.1 Å². The molecule has 0 saturated heterocycles. The van der Waals surface area contributed by atoms with E-state index in [0.717, 1.165) is 25.0 Å². The van der Waals surface area contributed by atoms with E-state index in [4.69, 9.17) is 0 Å². The molecule has 2 aromatic rings. The second kappa shape index (κ2) is 5.82. The van der Waals surface area contributed by atoms with Gasteiger partial charge in [-0.1, -0.05) is 6.92 Å². The summed E-state index contributed by atoms with van der Waals surface area (Å²) in [5, 5.41) is 29.3. The summed E-state index contributed by atoms with van der Waals surface area (Å²) >= 11 is 1.57. The molecule has 1 aliphatic rings. The van der Waals surface area contributed by atoms with E-state index in [1.807, 2.05) is 0 Å². The molecule has 3 rings (SSSR count). The van der Waals surface area contributed by atoms with E-state index < -0.39 is 0 Å². The zero-order valence-electron chi connectivity index (χ0n) is 12.2. The Bertz CT molecular complexity index is 786. The fraction of sp³-hybridized carbons (Fsp3) is 0.294. The monoisotopic (exact) mass is 312 g/mol. The first-order valence-electron chi connectivity index (χ1n) is 7.19. The van der Waals surface area contributed by atoms with Gasteiger partial charge in [0.1, 0.15) is 22.6 Å². The van der Waals surface area contributed by atoms with Crippen LogP contribution < -0.4 is 0 Å². The summed E-state index contributed by atoms with van der Waals surface area (Å²) in [6, 6.07) is 6.49. The van der Waals surface area contributed by atoms with Crippen molar-refractivity contribution < 1.29 is 10.2 Å². The minimum absolute atomic E-state index is 0.00754. The molecule has 5 heteroatoms. The van der Waals surface area contributed by atoms with Crippen LogP contribution in [-0.2, 0) is 12.8 Å². The summed E-state index contributed by atoms with van der Waals surface area (Å²) in [7, 11) is 0. The van der Waals surface area contributed by atoms with Crippen molar-refractivity contribution in [1.82, 2.24) is 4.98 Å². The number of rotatable bonds is 2. The largest absolute Gasteiger partial charge is 0.508 e. The molecule has 4 nitrogen and oxygen atoms in total. The number of aromatic nitrogens is 1. The molecule has 0 aliphatic heterocycles. The van der Waals surface area contributed by atoms with Crippen molar-refractivity contribution in [2.24, 2.45) is 5.92 Å². The Kier molecular flexibility index (Phi) is 3.86. The van der Waals surface area contributed by atoms with Crippen LogP contribution in [0.25, 0.3) is 11.6 Å². The van der Waals surface area contributed by atoms with Gasteiger partial charge in [0.05, 0.1) is 11.3 Å². The first-order valence-corrected chi connectivity index (χ1v) is 8.01. The number of thiazole rings is 1. The molecule has 0 saturated carbocycles. The van der Waals surface area contributed by atoms with Crippen molar-refractivity contribution in [2.75, 3.05) is 0 Å². The fourth-order valence-corrected chi connectivity index (χ4v) is 3.84. The number of aromatic hydroxyl groups is 2. The summed E-state index contributed by atoms with van der Waals surface area (Å²) in [6.07, 6.45) is 4.75. The lowest BCUT2D eigenvalue weighted by atomic mass is 9.93. The number of nitrogens with zero attached hydrogens (tertiary/aromatic N) is 2. The molecule has 0 spiro atoms. The van der Waals surface area contributed by atoms with Gasteiger partial charge in [0, 0.05) is 16.5 Å². The van der Waals surface area contributed by atoms with Crippen molar-refractivity contribution >= 4 is 23.0 Å². The Balaban J connectivity index is 1.98. The number of hydrogen-bond donors (Lipinski definition) is 2. The van der Waals surface area contributed by atoms with Gasteiger partial charge < -0.3 is 10.2 Å². The normalized spacial score (nSPS) is 17.8. The summed E-state index contributed by atoms with van der Waals surface area (Å²) in [4.78, 5) is 5.86. The van der Waals surface area contributed by atoms with Crippen molar-refractivity contribution in [1.29, 1.82) is 5.26 Å². The summed E-state index contributed by atoms with van der Waals surface area (Å²) in [5.74, 6) is 0.603. The predicted octanol–water partition coefficient (Wildman–Crippen LogP) is 3.74. The van der Waals surface area contributed by atoms with E-state index in [1.54, 1.807) is 23.5 Å². The maximum Gasteiger partial charge on any atom is 0.134 e. The molecule has 2 N–H and O–H groups in total. The van der Waals surface area contributed by atoms with Gasteiger partial charge >= 0.3 is 0 Å². The van der Waals surface area contributed by atoms with Crippen LogP contribution in [0.2, 0.25) is 0 Å². The van der Waals surface area contributed by atoms with Crippen molar-refractivity contribution in [3.63, 3.8) is 0 Å². The van der Waals surface area contributed by atoms with Gasteiger partial charge in [0.25, 0.3) is 0 Å². The highest BCUT2D eigenvalue weighted by Crippen LogP contribution is 2.34. The van der Waals surface area contributed by atoms with Crippen LogP contribution in [-0.4, -0.2) is 15.2 Å². The zero-order chi connectivity index (χ0) is 15.7. The maximum atomic E-state index is 9.85. The number of benzene rings is 1. The Morgan fingerprint density at radius 3 is 3.00 bits per heavy atom. The molecule has 22 heavy (non-hydrogen) atoms. The van der Waals surface area contributed by atoms with Crippen molar-refractivity contribution in [2.45, 2.75) is 26.2 Å². The van der Waals surface area contributed by atoms with Crippen LogP contribution in [0.4, 0.5) is 0 Å². The van der Waals surface area contributed by atoms with Crippen LogP contribution in [0.15, 0.2) is 18.2 Å². The number of fused-ring (bicyclic) bond motifs is 1. The third kappa shape index (κ3) is 2.83. The van der Waals surface area contributed by atoms with Crippen molar-refractivity contribution in [3.8, 4) is 17.6 Å². The van der Waals surface area contributed by atoms with Gasteiger partial charge in [-0.3, -0.25) is 0 Å². The molecule has 1 aromatic carbocycles. The number of hydrogen-bond acceptors (Lipinski definition) is 5. The SMILES string of the molecule is CC1CCc2nc(C(C#N)=Cc3ccc(O)cc3O)sc2C1. The Labute approximate surface area is 133 Å². The Morgan fingerprint density at radius 1 is 1.45 bits per heavy atom. The van der Waals surface area contributed by atoms with E-state index in [-0.39, 0.29) is 11.5 Å². The molecule has 1 heterocycles. The van der Waals surface area contributed by atoms with Crippen LogP contribution in [0.5, 0.6) is 11.5 Å². The molecule has 1 aromatic heterocycles. The van der Waals surface area contributed by atoms with Crippen molar-refractivity contribution in [3.05, 3.63) is 39.3 Å². The molecule has 112 valence electrons. The second-order valence-electron chi connectivity index (χ2n) is 5.65. The number of phenolic OH excluding ortho intramolecular Hbond substituents is 2. The van der Waals surface area contributed by atoms with Gasteiger partial charge in [0.2, 0.25) is 0 Å². The van der Waals surface area contributed by atoms with Gasteiger partial charge in [-0.25, -0.2) is 4.98 Å². The predicted molar refractivity (Wildman–Crippen MR) is 86.6 cm³/mol. The highest BCUT2D eigenvalue weighted by Gasteiger charge is 2.21. The summed E-state index contributed by atoms with van der Waals surface area (Å²) in [5.41, 5.74) is 2.04. The van der Waals surface area contributed by atoms with E-state index in [1.165, 1.54) is 17.0 Å². The van der Waals surface area contributed by atoms with Crippen LogP contribution in [0.1, 0.15) is 34.5 Å². The Hall–Kier alpha value is -2.32. The average Bonchev–Trinajstić information content (AvgIpc) is 2.89. The quantitative estimate of drug-likeness (QED) is 0.828. The highest BCUT2D eigenvalue weighted by atomic mass is 32.1. The van der Waals surface area contributed by atoms with Gasteiger partial charge in [-0.2, -0.15) is 5.26 Å². The van der Waals surface area contributed by atoms with Crippen LogP contribution in [0.3, 0.4) is 0 Å². The molecule has 1 aliphatic carbocycles. The molecular formula is C17H16N2O2S. The number of aryl methyl sites for hydroxylation is 1. The maximum absolute atomic E-state index is 9.85. The van der Waals surface area contributed by atoms with E-state index in [2.05, 4.69) is 18.0 Å². The number of nitriles is 1. The van der Waals surface area contributed by atoms with Crippen LogP contribution >= 0.6 is 11.3 Å². The lowest BCUT2D eigenvalue weighted by molar-refractivity contribution is 0.450. The van der Waals surface area contributed by atoms with Gasteiger partial charge in [0.15, 0.2) is 0 Å². The van der Waals surface area contributed by atoms with E-state index in [0.29, 0.717) is 22.1 Å². The zero-order valence-corrected chi connectivity index (χ0v) is 13.0. The standard InChI is InChI=1S/C17H16N2O2S/c1-10-2-5-14-16(6-10)22-17(19-14)12(9-18)7-11-3-4-13(20)8-15(11)21/h3-4,7-8,10,20-21H,2,5-6H2,1H3. The Morgan fingerprint density at radius 2 is 2.27 bits per heavy atom. The fourth-order valence-electron chi connectivity index (χ4n) is 2.61. The molecule has 0 fully saturated rings. The molecular weight excluding hydrogens is 296 g/mol. The van der Waals surface area contributed by atoms with Crippen LogP contribution in [0, 0.1) is 17.2 Å². The molecule has 0 radical (unpaired) electrons. The minimum Gasteiger partial charge on any atom is -0.508 e. The molecule has 1 atom stereocenters. The smallest absolute Gasteiger partial charge is 0.134 e. The summed E-state index contributed by atoms with van der Waals surface area (Å²) < 4.78 is 0. The van der Waals surface area contributed by atoms with Gasteiger partial charge in [-0.05, 0) is 43.4 Å². The first kappa shape index (κ1) is 14.6. The van der Waals surface area contributed by atoms with E-state index in [9.17, 15) is 15.5 Å². The van der Waals surface area contributed by atoms with E-state index >= 15 is 0 Å². The lowest BCUT2D eigenvalue weighted by Gasteiger charge is -2.15. The second-order valence-corrected chi connectivity index (χ2v) is 6.73. The number of phenols is 2. The lowest BCUT2D eigenvalue weighted by Crippen LogP contribution is -2.09. The minimum atomic E-state index is -0.0531. The molecule has 0 amide bonds. The third-order valence-corrected chi connectivity index (χ3v) is 5.00. The average molecular weight is 312 g/mol.